The van der Waals surface area contributed by atoms with Gasteiger partial charge in [-0.2, -0.15) is 0 Å². The van der Waals surface area contributed by atoms with Crippen molar-refractivity contribution in [3.63, 3.8) is 0 Å². The van der Waals surface area contributed by atoms with Gasteiger partial charge in [0, 0.05) is 11.8 Å². The molecule has 4 nitrogen and oxygen atoms in total. The van der Waals surface area contributed by atoms with E-state index in [9.17, 15) is 9.59 Å². The summed E-state index contributed by atoms with van der Waals surface area (Å²) in [5.74, 6) is 1.70. The highest BCUT2D eigenvalue weighted by Gasteiger charge is 2.45. The highest BCUT2D eigenvalue weighted by molar-refractivity contribution is 5.77. The molecule has 0 heterocycles. The molecule has 0 radical (unpaired) electrons. The summed E-state index contributed by atoms with van der Waals surface area (Å²) in [7, 11) is 0. The van der Waals surface area contributed by atoms with Crippen molar-refractivity contribution in [1.29, 1.82) is 0 Å². The van der Waals surface area contributed by atoms with E-state index in [0.717, 1.165) is 64.2 Å². The molecule has 222 valence electrons. The third-order valence-electron chi connectivity index (χ3n) is 10.8. The van der Waals surface area contributed by atoms with Crippen molar-refractivity contribution in [2.24, 2.45) is 34.5 Å². The van der Waals surface area contributed by atoms with Gasteiger partial charge in [0.2, 0.25) is 0 Å². The van der Waals surface area contributed by atoms with Crippen molar-refractivity contribution in [3.05, 3.63) is 0 Å². The van der Waals surface area contributed by atoms with E-state index >= 15 is 0 Å². The van der Waals surface area contributed by atoms with Crippen molar-refractivity contribution >= 4 is 11.9 Å². The summed E-state index contributed by atoms with van der Waals surface area (Å²) in [6.45, 7) is 18.3. The third kappa shape index (κ3) is 8.72. The van der Waals surface area contributed by atoms with E-state index in [4.69, 9.17) is 9.47 Å². The van der Waals surface area contributed by atoms with Gasteiger partial charge in [-0.05, 0) is 74.0 Å². The number of ether oxygens (including phenoxy) is 2. The molecule has 0 saturated heterocycles. The van der Waals surface area contributed by atoms with Crippen molar-refractivity contribution in [2.75, 3.05) is 0 Å². The summed E-state index contributed by atoms with van der Waals surface area (Å²) in [5.41, 5.74) is 0.544. The monoisotopic (exact) mass is 534 g/mol. The molecule has 38 heavy (non-hydrogen) atoms. The van der Waals surface area contributed by atoms with Crippen LogP contribution in [0.25, 0.3) is 0 Å². The van der Waals surface area contributed by atoms with Crippen LogP contribution in [0.15, 0.2) is 0 Å². The maximum atomic E-state index is 13.0. The van der Waals surface area contributed by atoms with Crippen molar-refractivity contribution in [1.82, 2.24) is 0 Å². The Hall–Kier alpha value is -1.06. The first-order valence-electron chi connectivity index (χ1n) is 16.4. The Labute approximate surface area is 235 Å². The van der Waals surface area contributed by atoms with Crippen molar-refractivity contribution in [3.8, 4) is 0 Å². The fraction of sp³-hybridized carbons (Fsp3) is 0.941. The minimum atomic E-state index is -0.221. The standard InChI is InChI=1S/C34H62O4/c1-9-33(10-2)23-13-15-29(27(33)19-17-25(5)6)37-31(35)21-22-32(36)38-30-16-14-24-34(11-3,12-4)28(30)20-18-26(7)8/h25-30H,9-24H2,1-8H3. The molecule has 0 amide bonds. The van der Waals surface area contributed by atoms with Crippen LogP contribution in [0.5, 0.6) is 0 Å². The molecule has 0 aliphatic heterocycles. The molecule has 2 aliphatic carbocycles. The van der Waals surface area contributed by atoms with E-state index in [2.05, 4.69) is 55.4 Å². The molecule has 0 aromatic rings. The maximum Gasteiger partial charge on any atom is 0.306 e. The van der Waals surface area contributed by atoms with Gasteiger partial charge in [-0.25, -0.2) is 0 Å². The molecule has 4 unspecified atom stereocenters. The van der Waals surface area contributed by atoms with Gasteiger partial charge in [0.05, 0.1) is 12.8 Å². The Bertz CT molecular complexity index is 643. The third-order valence-corrected chi connectivity index (χ3v) is 10.8. The van der Waals surface area contributed by atoms with Gasteiger partial charge in [-0.15, -0.1) is 0 Å². The topological polar surface area (TPSA) is 52.6 Å². The first-order chi connectivity index (χ1) is 18.1. The normalized spacial score (nSPS) is 26.9. The van der Waals surface area contributed by atoms with Crippen LogP contribution in [-0.4, -0.2) is 24.1 Å². The zero-order chi connectivity index (χ0) is 28.3. The molecule has 4 heteroatoms. The molecule has 2 fully saturated rings. The lowest BCUT2D eigenvalue weighted by Gasteiger charge is -2.48. The first-order valence-corrected chi connectivity index (χ1v) is 16.4. The molecule has 0 aromatic heterocycles. The van der Waals surface area contributed by atoms with Crippen LogP contribution in [0.1, 0.15) is 158 Å². The Morgan fingerprint density at radius 3 is 1.29 bits per heavy atom. The lowest BCUT2D eigenvalue weighted by atomic mass is 9.60. The highest BCUT2D eigenvalue weighted by Crippen LogP contribution is 2.51. The van der Waals surface area contributed by atoms with Crippen LogP contribution in [0, 0.1) is 34.5 Å². The van der Waals surface area contributed by atoms with Gasteiger partial charge in [-0.3, -0.25) is 9.59 Å². The van der Waals surface area contributed by atoms with E-state index in [-0.39, 0.29) is 47.8 Å². The largest absolute Gasteiger partial charge is 0.462 e. The number of rotatable bonds is 15. The summed E-state index contributed by atoms with van der Waals surface area (Å²) >= 11 is 0. The minimum absolute atomic E-state index is 0.0144. The summed E-state index contributed by atoms with van der Waals surface area (Å²) < 4.78 is 12.3. The Morgan fingerprint density at radius 1 is 0.658 bits per heavy atom. The van der Waals surface area contributed by atoms with E-state index in [1.807, 2.05) is 0 Å². The molecule has 2 rings (SSSR count). The fourth-order valence-electron chi connectivity index (χ4n) is 8.08. The average Bonchev–Trinajstić information content (AvgIpc) is 2.89. The predicted molar refractivity (Wildman–Crippen MR) is 158 cm³/mol. The van der Waals surface area contributed by atoms with Crippen LogP contribution in [0.2, 0.25) is 0 Å². The zero-order valence-corrected chi connectivity index (χ0v) is 26.4. The van der Waals surface area contributed by atoms with Gasteiger partial charge in [-0.1, -0.05) is 93.9 Å². The second kappa shape index (κ2) is 15.7. The second-order valence-electron chi connectivity index (χ2n) is 13.6. The first kappa shape index (κ1) is 33.1. The van der Waals surface area contributed by atoms with Gasteiger partial charge < -0.3 is 9.47 Å². The van der Waals surface area contributed by atoms with Crippen LogP contribution in [0.4, 0.5) is 0 Å². The van der Waals surface area contributed by atoms with Crippen LogP contribution in [0.3, 0.4) is 0 Å². The molecule has 0 aromatic carbocycles. The molecular formula is C34H62O4. The van der Waals surface area contributed by atoms with E-state index < -0.39 is 0 Å². The molecular weight excluding hydrogens is 472 g/mol. The summed E-state index contributed by atoms with van der Waals surface area (Å²) in [4.78, 5) is 26.0. The predicted octanol–water partition coefficient (Wildman–Crippen LogP) is 9.68. The Balaban J connectivity index is 1.98. The van der Waals surface area contributed by atoms with E-state index in [0.29, 0.717) is 23.7 Å². The fourth-order valence-corrected chi connectivity index (χ4v) is 8.08. The van der Waals surface area contributed by atoms with Crippen molar-refractivity contribution in [2.45, 2.75) is 170 Å². The molecule has 2 aliphatic rings. The summed E-state index contributed by atoms with van der Waals surface area (Å²) in [6.07, 6.45) is 16.0. The molecule has 0 N–H and O–H groups in total. The Morgan fingerprint density at radius 2 is 1.00 bits per heavy atom. The number of carbonyl (C=O) groups is 2. The van der Waals surface area contributed by atoms with Crippen LogP contribution < -0.4 is 0 Å². The molecule has 0 bridgehead atoms. The van der Waals surface area contributed by atoms with Gasteiger partial charge in [0.15, 0.2) is 0 Å². The van der Waals surface area contributed by atoms with Crippen LogP contribution in [-0.2, 0) is 19.1 Å². The van der Waals surface area contributed by atoms with E-state index in [1.165, 1.54) is 25.7 Å². The zero-order valence-electron chi connectivity index (χ0n) is 26.4. The Kier molecular flexibility index (Phi) is 13.7. The number of carbonyl (C=O) groups excluding carboxylic acids is 2. The lowest BCUT2D eigenvalue weighted by molar-refractivity contribution is -0.167. The molecule has 4 atom stereocenters. The maximum absolute atomic E-state index is 13.0. The van der Waals surface area contributed by atoms with E-state index in [1.54, 1.807) is 0 Å². The van der Waals surface area contributed by atoms with Gasteiger partial charge in [0.25, 0.3) is 0 Å². The molecule has 0 spiro atoms. The van der Waals surface area contributed by atoms with Crippen LogP contribution >= 0.6 is 0 Å². The minimum Gasteiger partial charge on any atom is -0.462 e. The number of esters is 2. The lowest BCUT2D eigenvalue weighted by Crippen LogP contribution is -2.44. The van der Waals surface area contributed by atoms with Gasteiger partial charge in [0.1, 0.15) is 12.2 Å². The quantitative estimate of drug-likeness (QED) is 0.196. The SMILES string of the molecule is CCC1(CC)CCCC(OC(=O)CCC(=O)OC2CCCC(CC)(CC)C2CCC(C)C)C1CCC(C)C. The van der Waals surface area contributed by atoms with Gasteiger partial charge >= 0.3 is 11.9 Å². The smallest absolute Gasteiger partial charge is 0.306 e. The van der Waals surface area contributed by atoms with Crippen molar-refractivity contribution < 1.29 is 19.1 Å². The summed E-state index contributed by atoms with van der Waals surface area (Å²) in [5, 5.41) is 0. The number of hydrogen-bond donors (Lipinski definition) is 0. The second-order valence-corrected chi connectivity index (χ2v) is 13.6. The average molecular weight is 535 g/mol. The highest BCUT2D eigenvalue weighted by atomic mass is 16.6. The number of hydrogen-bond acceptors (Lipinski definition) is 4. The molecule has 2 saturated carbocycles. The summed E-state index contributed by atoms with van der Waals surface area (Å²) in [6, 6.07) is 0.